The largest absolute Gasteiger partial charge is 0.459 e. The number of anilines is 1. The Kier molecular flexibility index (Phi) is 5.90. The lowest BCUT2D eigenvalue weighted by atomic mass is 10.2. The second-order valence-corrected chi connectivity index (χ2v) is 6.45. The molecule has 2 amide bonds. The van der Waals surface area contributed by atoms with Crippen LogP contribution in [0, 0.1) is 5.82 Å². The number of piperazine rings is 1. The summed E-state index contributed by atoms with van der Waals surface area (Å²) in [6.45, 7) is 3.16. The van der Waals surface area contributed by atoms with Crippen LogP contribution in [0.3, 0.4) is 0 Å². The Labute approximate surface area is 155 Å². The van der Waals surface area contributed by atoms with Gasteiger partial charge in [0, 0.05) is 44.8 Å². The molecule has 1 fully saturated rings. The van der Waals surface area contributed by atoms with Crippen LogP contribution >= 0.6 is 11.6 Å². The van der Waals surface area contributed by atoms with Gasteiger partial charge < -0.3 is 14.6 Å². The number of amides is 2. The number of rotatable bonds is 5. The molecule has 8 heteroatoms. The molecule has 0 atom stereocenters. The average molecular weight is 380 g/mol. The Morgan fingerprint density at radius 3 is 2.62 bits per heavy atom. The number of carbonyl (C=O) groups is 2. The van der Waals surface area contributed by atoms with Gasteiger partial charge in [0.2, 0.25) is 5.91 Å². The predicted molar refractivity (Wildman–Crippen MR) is 95.7 cm³/mol. The average Bonchev–Trinajstić information content (AvgIpc) is 3.18. The van der Waals surface area contributed by atoms with E-state index in [0.29, 0.717) is 50.6 Å². The maximum absolute atomic E-state index is 13.1. The van der Waals surface area contributed by atoms with Crippen molar-refractivity contribution < 1.29 is 18.4 Å². The summed E-state index contributed by atoms with van der Waals surface area (Å²) in [6.07, 6.45) is 1.79. The number of halogens is 2. The van der Waals surface area contributed by atoms with Gasteiger partial charge in [0.05, 0.1) is 11.3 Å². The van der Waals surface area contributed by atoms with Crippen LogP contribution < -0.4 is 5.32 Å². The van der Waals surface area contributed by atoms with Gasteiger partial charge in [-0.25, -0.2) is 4.39 Å². The lowest BCUT2D eigenvalue weighted by Gasteiger charge is -2.34. The van der Waals surface area contributed by atoms with E-state index in [1.54, 1.807) is 17.0 Å². The van der Waals surface area contributed by atoms with Crippen LogP contribution in [0.25, 0.3) is 0 Å². The molecule has 1 saturated heterocycles. The van der Waals surface area contributed by atoms with Crippen molar-refractivity contribution in [2.75, 3.05) is 38.0 Å². The van der Waals surface area contributed by atoms with E-state index in [0.717, 1.165) is 0 Å². The molecule has 0 radical (unpaired) electrons. The first-order chi connectivity index (χ1) is 12.5. The summed E-state index contributed by atoms with van der Waals surface area (Å²) in [7, 11) is 0. The minimum Gasteiger partial charge on any atom is -0.459 e. The fourth-order valence-corrected chi connectivity index (χ4v) is 2.97. The van der Waals surface area contributed by atoms with Crippen molar-refractivity contribution in [2.24, 2.45) is 0 Å². The number of hydrogen-bond acceptors (Lipinski definition) is 4. The van der Waals surface area contributed by atoms with Gasteiger partial charge in [-0.2, -0.15) is 0 Å². The summed E-state index contributed by atoms with van der Waals surface area (Å²) in [5.41, 5.74) is 0.468. The van der Waals surface area contributed by atoms with Gasteiger partial charge >= 0.3 is 0 Å². The SMILES string of the molecule is O=C(CCN1CCN(C(=O)c2ccco2)CC1)Nc1ccc(F)c(Cl)c1. The highest BCUT2D eigenvalue weighted by Crippen LogP contribution is 2.19. The molecule has 6 nitrogen and oxygen atoms in total. The third kappa shape index (κ3) is 4.62. The van der Waals surface area contributed by atoms with Crippen LogP contribution in [0.15, 0.2) is 41.0 Å². The van der Waals surface area contributed by atoms with Gasteiger partial charge in [0.15, 0.2) is 5.76 Å². The van der Waals surface area contributed by atoms with Crippen molar-refractivity contribution >= 4 is 29.1 Å². The molecule has 1 aromatic heterocycles. The Hall–Kier alpha value is -2.38. The number of nitrogens with zero attached hydrogens (tertiary/aromatic N) is 2. The van der Waals surface area contributed by atoms with Gasteiger partial charge in [-0.05, 0) is 30.3 Å². The molecule has 0 spiro atoms. The Morgan fingerprint density at radius 2 is 1.96 bits per heavy atom. The first-order valence-electron chi connectivity index (χ1n) is 8.33. The fraction of sp³-hybridized carbons (Fsp3) is 0.333. The van der Waals surface area contributed by atoms with Crippen molar-refractivity contribution in [3.63, 3.8) is 0 Å². The zero-order valence-electron chi connectivity index (χ0n) is 14.1. The first kappa shape index (κ1) is 18.4. The molecule has 0 bridgehead atoms. The molecule has 0 unspecified atom stereocenters. The summed E-state index contributed by atoms with van der Waals surface area (Å²) in [4.78, 5) is 28.1. The number of hydrogen-bond donors (Lipinski definition) is 1. The van der Waals surface area contributed by atoms with E-state index in [1.807, 2.05) is 0 Å². The van der Waals surface area contributed by atoms with Crippen molar-refractivity contribution in [3.05, 3.63) is 53.2 Å². The Morgan fingerprint density at radius 1 is 1.19 bits per heavy atom. The summed E-state index contributed by atoms with van der Waals surface area (Å²) in [5, 5.41) is 2.67. The monoisotopic (exact) mass is 379 g/mol. The fourth-order valence-electron chi connectivity index (χ4n) is 2.79. The van der Waals surface area contributed by atoms with E-state index in [2.05, 4.69) is 10.2 Å². The van der Waals surface area contributed by atoms with Gasteiger partial charge in [-0.15, -0.1) is 0 Å². The zero-order chi connectivity index (χ0) is 18.5. The molecule has 1 N–H and O–H groups in total. The van der Waals surface area contributed by atoms with Gasteiger partial charge in [0.1, 0.15) is 5.82 Å². The summed E-state index contributed by atoms with van der Waals surface area (Å²) < 4.78 is 18.3. The number of nitrogens with one attached hydrogen (secondary N) is 1. The van der Waals surface area contributed by atoms with Gasteiger partial charge in [-0.1, -0.05) is 11.6 Å². The zero-order valence-corrected chi connectivity index (χ0v) is 14.8. The highest BCUT2D eigenvalue weighted by atomic mass is 35.5. The topological polar surface area (TPSA) is 65.8 Å². The van der Waals surface area contributed by atoms with Crippen LogP contribution in [0.5, 0.6) is 0 Å². The number of benzene rings is 1. The lowest BCUT2D eigenvalue weighted by molar-refractivity contribution is -0.116. The maximum atomic E-state index is 13.1. The van der Waals surface area contributed by atoms with E-state index in [9.17, 15) is 14.0 Å². The van der Waals surface area contributed by atoms with E-state index >= 15 is 0 Å². The van der Waals surface area contributed by atoms with E-state index in [1.165, 1.54) is 24.5 Å². The molecule has 0 saturated carbocycles. The van der Waals surface area contributed by atoms with Crippen molar-refractivity contribution in [1.29, 1.82) is 0 Å². The van der Waals surface area contributed by atoms with Crippen molar-refractivity contribution in [1.82, 2.24) is 9.80 Å². The van der Waals surface area contributed by atoms with Crippen molar-refractivity contribution in [3.8, 4) is 0 Å². The first-order valence-corrected chi connectivity index (χ1v) is 8.71. The molecule has 2 aromatic rings. The predicted octanol–water partition coefficient (Wildman–Crippen LogP) is 2.86. The molecule has 26 heavy (non-hydrogen) atoms. The standard InChI is InChI=1S/C18H19ClFN3O3/c19-14-12-13(3-4-15(14)20)21-17(24)5-6-22-7-9-23(10-8-22)18(25)16-2-1-11-26-16/h1-4,11-12H,5-10H2,(H,21,24). The van der Waals surface area contributed by atoms with E-state index in [-0.39, 0.29) is 16.8 Å². The van der Waals surface area contributed by atoms with Crippen LogP contribution in [0.2, 0.25) is 5.02 Å². The third-order valence-electron chi connectivity index (χ3n) is 4.25. The van der Waals surface area contributed by atoms with Gasteiger partial charge in [-0.3, -0.25) is 14.5 Å². The molecule has 138 valence electrons. The van der Waals surface area contributed by atoms with Crippen LogP contribution in [0.1, 0.15) is 17.0 Å². The van der Waals surface area contributed by atoms with E-state index in [4.69, 9.17) is 16.0 Å². The molecule has 3 rings (SSSR count). The van der Waals surface area contributed by atoms with Crippen molar-refractivity contribution in [2.45, 2.75) is 6.42 Å². The molecular formula is C18H19ClFN3O3. The smallest absolute Gasteiger partial charge is 0.289 e. The molecule has 0 aliphatic carbocycles. The van der Waals surface area contributed by atoms with E-state index < -0.39 is 5.82 Å². The Bertz CT molecular complexity index is 774. The van der Waals surface area contributed by atoms with Crippen LogP contribution in [-0.2, 0) is 4.79 Å². The molecule has 1 aliphatic heterocycles. The maximum Gasteiger partial charge on any atom is 0.289 e. The minimum atomic E-state index is -0.522. The number of furan rings is 1. The summed E-state index contributed by atoms with van der Waals surface area (Å²) in [5.74, 6) is -0.454. The summed E-state index contributed by atoms with van der Waals surface area (Å²) >= 11 is 5.70. The highest BCUT2D eigenvalue weighted by Gasteiger charge is 2.23. The molecule has 2 heterocycles. The second-order valence-electron chi connectivity index (χ2n) is 6.04. The molecule has 1 aliphatic rings. The highest BCUT2D eigenvalue weighted by molar-refractivity contribution is 6.31. The van der Waals surface area contributed by atoms with Crippen LogP contribution in [0.4, 0.5) is 10.1 Å². The minimum absolute atomic E-state index is 0.0276. The third-order valence-corrected chi connectivity index (χ3v) is 4.54. The van der Waals surface area contributed by atoms with Gasteiger partial charge in [0.25, 0.3) is 5.91 Å². The van der Waals surface area contributed by atoms with Crippen LogP contribution in [-0.4, -0.2) is 54.3 Å². The normalized spacial score (nSPS) is 15.1. The summed E-state index contributed by atoms with van der Waals surface area (Å²) in [6, 6.07) is 7.41. The molecule has 1 aromatic carbocycles. The lowest BCUT2D eigenvalue weighted by Crippen LogP contribution is -2.49. The quantitative estimate of drug-likeness (QED) is 0.867. The Balaban J connectivity index is 1.41. The number of carbonyl (C=O) groups excluding carboxylic acids is 2. The second kappa shape index (κ2) is 8.33. The molecular weight excluding hydrogens is 361 g/mol.